The van der Waals surface area contributed by atoms with E-state index in [0.29, 0.717) is 5.78 Å². The van der Waals surface area contributed by atoms with Gasteiger partial charge in [0.25, 0.3) is 0 Å². The number of carbonyl (C=O) groups excluding carboxylic acids is 1. The molecule has 0 aliphatic heterocycles. The van der Waals surface area contributed by atoms with Crippen LogP contribution in [0.2, 0.25) is 0 Å². The minimum atomic E-state index is 0.201. The van der Waals surface area contributed by atoms with E-state index in [1.165, 1.54) is 32.1 Å². The van der Waals surface area contributed by atoms with E-state index in [1.54, 1.807) is 0 Å². The Morgan fingerprint density at radius 1 is 1.27 bits per heavy atom. The molecule has 0 bridgehead atoms. The van der Waals surface area contributed by atoms with Crippen LogP contribution >= 0.6 is 0 Å². The van der Waals surface area contributed by atoms with Crippen molar-refractivity contribution in [2.45, 2.75) is 45.4 Å². The molecular weight excluding hydrogens is 136 g/mol. The largest absolute Gasteiger partial charge is 0.299 e. The van der Waals surface area contributed by atoms with Gasteiger partial charge in [-0.1, -0.05) is 6.92 Å². The van der Waals surface area contributed by atoms with E-state index in [9.17, 15) is 4.79 Å². The van der Waals surface area contributed by atoms with Crippen LogP contribution in [0.15, 0.2) is 0 Å². The lowest BCUT2D eigenvalue weighted by molar-refractivity contribution is -0.141. The quantitative estimate of drug-likeness (QED) is 0.521. The Balaban J connectivity index is 2.01. The molecule has 0 saturated heterocycles. The summed E-state index contributed by atoms with van der Waals surface area (Å²) in [6.45, 7) is 2.30. The van der Waals surface area contributed by atoms with Crippen LogP contribution in [0.5, 0.6) is 0 Å². The van der Waals surface area contributed by atoms with Crippen LogP contribution in [0, 0.1) is 11.3 Å². The van der Waals surface area contributed by atoms with E-state index < -0.39 is 0 Å². The van der Waals surface area contributed by atoms with Gasteiger partial charge in [0.1, 0.15) is 5.78 Å². The van der Waals surface area contributed by atoms with Crippen molar-refractivity contribution in [3.8, 4) is 0 Å². The van der Waals surface area contributed by atoms with Gasteiger partial charge in [0.15, 0.2) is 0 Å². The maximum absolute atomic E-state index is 11.3. The van der Waals surface area contributed by atoms with Crippen LogP contribution in [0.1, 0.15) is 45.4 Å². The zero-order valence-corrected chi connectivity index (χ0v) is 7.23. The van der Waals surface area contributed by atoms with Crippen LogP contribution in [-0.2, 0) is 4.79 Å². The highest BCUT2D eigenvalue weighted by molar-refractivity contribution is 5.90. The number of hydrogen-bond acceptors (Lipinski definition) is 1. The zero-order chi connectivity index (χ0) is 7.90. The number of Topliss-reactive ketones (excluding diaryl/α,β-unsaturated/α-hetero) is 1. The predicted molar refractivity (Wildman–Crippen MR) is 44.3 cm³/mol. The highest BCUT2D eigenvalue weighted by Gasteiger charge is 2.46. The first-order chi connectivity index (χ1) is 5.23. The average molecular weight is 152 g/mol. The molecule has 0 aromatic rings. The SMILES string of the molecule is CC1CCC2(CCC2=O)CC1. The van der Waals surface area contributed by atoms with Crippen LogP contribution in [-0.4, -0.2) is 5.78 Å². The number of carbonyl (C=O) groups is 1. The first-order valence-electron chi connectivity index (χ1n) is 4.76. The predicted octanol–water partition coefficient (Wildman–Crippen LogP) is 2.55. The molecule has 0 unspecified atom stereocenters. The van der Waals surface area contributed by atoms with E-state index in [1.807, 2.05) is 0 Å². The van der Waals surface area contributed by atoms with Crippen molar-refractivity contribution in [1.29, 1.82) is 0 Å². The molecule has 2 aliphatic rings. The van der Waals surface area contributed by atoms with E-state index in [2.05, 4.69) is 6.92 Å². The Morgan fingerprint density at radius 3 is 2.27 bits per heavy atom. The molecule has 0 radical (unpaired) electrons. The van der Waals surface area contributed by atoms with Crippen LogP contribution < -0.4 is 0 Å². The van der Waals surface area contributed by atoms with Gasteiger partial charge in [-0.05, 0) is 38.0 Å². The molecule has 0 heterocycles. The molecule has 2 aliphatic carbocycles. The van der Waals surface area contributed by atoms with E-state index >= 15 is 0 Å². The first-order valence-corrected chi connectivity index (χ1v) is 4.76. The summed E-state index contributed by atoms with van der Waals surface area (Å²) in [4.78, 5) is 11.3. The second-order valence-electron chi connectivity index (χ2n) is 4.39. The summed E-state index contributed by atoms with van der Waals surface area (Å²) < 4.78 is 0. The molecule has 2 rings (SSSR count). The minimum Gasteiger partial charge on any atom is -0.299 e. The van der Waals surface area contributed by atoms with Crippen molar-refractivity contribution >= 4 is 5.78 Å². The van der Waals surface area contributed by atoms with Gasteiger partial charge in [-0.2, -0.15) is 0 Å². The Bertz CT molecular complexity index is 175. The monoisotopic (exact) mass is 152 g/mol. The van der Waals surface area contributed by atoms with Crippen molar-refractivity contribution in [3.05, 3.63) is 0 Å². The third-order valence-corrected chi connectivity index (χ3v) is 3.65. The summed E-state index contributed by atoms with van der Waals surface area (Å²) in [7, 11) is 0. The average Bonchev–Trinajstić information content (AvgIpc) is 2.03. The first kappa shape index (κ1) is 7.33. The Morgan fingerprint density at radius 2 is 1.91 bits per heavy atom. The Labute approximate surface area is 68.2 Å². The lowest BCUT2D eigenvalue weighted by atomic mass is 9.58. The van der Waals surface area contributed by atoms with Crippen LogP contribution in [0.25, 0.3) is 0 Å². The van der Waals surface area contributed by atoms with Gasteiger partial charge < -0.3 is 0 Å². The Kier molecular flexibility index (Phi) is 1.55. The van der Waals surface area contributed by atoms with Crippen molar-refractivity contribution < 1.29 is 4.79 Å². The highest BCUT2D eigenvalue weighted by atomic mass is 16.1. The topological polar surface area (TPSA) is 17.1 Å². The molecule has 0 aromatic heterocycles. The maximum atomic E-state index is 11.3. The van der Waals surface area contributed by atoms with E-state index in [0.717, 1.165) is 12.3 Å². The third-order valence-electron chi connectivity index (χ3n) is 3.65. The summed E-state index contributed by atoms with van der Waals surface area (Å²) in [5, 5.41) is 0. The van der Waals surface area contributed by atoms with Gasteiger partial charge in [-0.15, -0.1) is 0 Å². The molecule has 0 N–H and O–H groups in total. The highest BCUT2D eigenvalue weighted by Crippen LogP contribution is 2.49. The van der Waals surface area contributed by atoms with Gasteiger partial charge in [-0.3, -0.25) is 4.79 Å². The molecule has 0 atom stereocenters. The molecule has 1 spiro atoms. The molecule has 0 amide bonds. The van der Waals surface area contributed by atoms with Crippen LogP contribution in [0.4, 0.5) is 0 Å². The van der Waals surface area contributed by atoms with Gasteiger partial charge in [0.2, 0.25) is 0 Å². The Hall–Kier alpha value is -0.330. The summed E-state index contributed by atoms with van der Waals surface area (Å²) in [6, 6.07) is 0. The van der Waals surface area contributed by atoms with Crippen molar-refractivity contribution in [2.24, 2.45) is 11.3 Å². The fourth-order valence-electron chi connectivity index (χ4n) is 2.42. The molecule has 62 valence electrons. The third kappa shape index (κ3) is 1.02. The van der Waals surface area contributed by atoms with Gasteiger partial charge in [0, 0.05) is 11.8 Å². The summed E-state index contributed by atoms with van der Waals surface area (Å²) >= 11 is 0. The molecule has 1 nitrogen and oxygen atoms in total. The fraction of sp³-hybridized carbons (Fsp3) is 0.900. The smallest absolute Gasteiger partial charge is 0.139 e. The van der Waals surface area contributed by atoms with Crippen molar-refractivity contribution in [2.75, 3.05) is 0 Å². The molecule has 0 aromatic carbocycles. The maximum Gasteiger partial charge on any atom is 0.139 e. The molecule has 2 fully saturated rings. The van der Waals surface area contributed by atoms with Crippen molar-refractivity contribution in [3.63, 3.8) is 0 Å². The molecular formula is C10H16O. The standard InChI is InChI=1S/C10H16O/c1-8-2-5-10(6-3-8)7-4-9(10)11/h8H,2-7H2,1H3. The normalized spacial score (nSPS) is 44.1. The lowest BCUT2D eigenvalue weighted by Gasteiger charge is -2.44. The van der Waals surface area contributed by atoms with Gasteiger partial charge in [0.05, 0.1) is 0 Å². The van der Waals surface area contributed by atoms with Crippen LogP contribution in [0.3, 0.4) is 0 Å². The second-order valence-corrected chi connectivity index (χ2v) is 4.39. The minimum absolute atomic E-state index is 0.201. The second kappa shape index (κ2) is 2.33. The van der Waals surface area contributed by atoms with E-state index in [4.69, 9.17) is 0 Å². The fourth-order valence-corrected chi connectivity index (χ4v) is 2.42. The van der Waals surface area contributed by atoms with Gasteiger partial charge in [-0.25, -0.2) is 0 Å². The molecule has 2 saturated carbocycles. The number of ketones is 1. The van der Waals surface area contributed by atoms with Crippen molar-refractivity contribution in [1.82, 2.24) is 0 Å². The molecule has 11 heavy (non-hydrogen) atoms. The number of hydrogen-bond donors (Lipinski definition) is 0. The number of rotatable bonds is 0. The summed E-state index contributed by atoms with van der Waals surface area (Å²) in [5.41, 5.74) is 0.201. The summed E-state index contributed by atoms with van der Waals surface area (Å²) in [5.74, 6) is 1.43. The molecule has 1 heteroatoms. The lowest BCUT2D eigenvalue weighted by Crippen LogP contribution is -2.43. The van der Waals surface area contributed by atoms with Gasteiger partial charge >= 0.3 is 0 Å². The summed E-state index contributed by atoms with van der Waals surface area (Å²) in [6.07, 6.45) is 7.00. The zero-order valence-electron chi connectivity index (χ0n) is 7.23. The van der Waals surface area contributed by atoms with E-state index in [-0.39, 0.29) is 5.41 Å².